The van der Waals surface area contributed by atoms with Gasteiger partial charge in [0.05, 0.1) is 27.6 Å². The molecule has 1 amide bonds. The van der Waals surface area contributed by atoms with Crippen LogP contribution in [0.25, 0.3) is 0 Å². The van der Waals surface area contributed by atoms with Gasteiger partial charge < -0.3 is 19.8 Å². The lowest BCUT2D eigenvalue weighted by Crippen LogP contribution is -2.31. The van der Waals surface area contributed by atoms with Crippen LogP contribution in [0.2, 0.25) is 4.34 Å². The summed E-state index contributed by atoms with van der Waals surface area (Å²) in [7, 11) is 3.71. The highest BCUT2D eigenvalue weighted by molar-refractivity contribution is 7.18. The second-order valence-corrected chi connectivity index (χ2v) is 9.98. The third kappa shape index (κ3) is 5.24. The molecule has 1 aliphatic carbocycles. The fourth-order valence-electron chi connectivity index (χ4n) is 3.88. The molecule has 2 aliphatic rings. The number of rotatable bonds is 7. The molecule has 2 heterocycles. The van der Waals surface area contributed by atoms with Crippen LogP contribution in [-0.4, -0.2) is 55.2 Å². The zero-order chi connectivity index (χ0) is 22.7. The van der Waals surface area contributed by atoms with Crippen LogP contribution in [0.4, 0.5) is 0 Å². The summed E-state index contributed by atoms with van der Waals surface area (Å²) in [5, 5.41) is 15.5. The SMILES string of the molecule is CN(C)C(=N)c1ccc(C2=NOC(CNC(=O)c3ccc(Cl)s3)C2)c(OC2CCCC2)c1. The summed E-state index contributed by atoms with van der Waals surface area (Å²) in [6, 6.07) is 9.21. The van der Waals surface area contributed by atoms with Gasteiger partial charge in [-0.05, 0) is 49.9 Å². The highest BCUT2D eigenvalue weighted by Gasteiger charge is 2.27. The molecular weight excluding hydrogens is 448 g/mol. The van der Waals surface area contributed by atoms with Gasteiger partial charge >= 0.3 is 0 Å². The van der Waals surface area contributed by atoms with Crippen molar-refractivity contribution in [1.82, 2.24) is 10.2 Å². The number of thiophene rings is 1. The molecule has 1 aromatic carbocycles. The maximum absolute atomic E-state index is 12.3. The van der Waals surface area contributed by atoms with E-state index in [1.807, 2.05) is 32.3 Å². The van der Waals surface area contributed by atoms with Crippen LogP contribution in [-0.2, 0) is 4.84 Å². The Hall–Kier alpha value is -2.58. The maximum Gasteiger partial charge on any atom is 0.261 e. The molecule has 170 valence electrons. The van der Waals surface area contributed by atoms with E-state index in [0.29, 0.717) is 28.0 Å². The molecule has 1 saturated carbocycles. The average molecular weight is 475 g/mol. The fourth-order valence-corrected chi connectivity index (χ4v) is 4.84. The van der Waals surface area contributed by atoms with E-state index in [1.165, 1.54) is 24.2 Å². The van der Waals surface area contributed by atoms with Gasteiger partial charge in [-0.1, -0.05) is 22.8 Å². The van der Waals surface area contributed by atoms with Crippen molar-refractivity contribution >= 4 is 40.4 Å². The van der Waals surface area contributed by atoms with Gasteiger partial charge in [-0.3, -0.25) is 10.2 Å². The smallest absolute Gasteiger partial charge is 0.261 e. The Morgan fingerprint density at radius 2 is 2.09 bits per heavy atom. The minimum atomic E-state index is -0.247. The van der Waals surface area contributed by atoms with E-state index in [-0.39, 0.29) is 18.1 Å². The summed E-state index contributed by atoms with van der Waals surface area (Å²) in [4.78, 5) is 20.2. The Labute approximate surface area is 196 Å². The van der Waals surface area contributed by atoms with Gasteiger partial charge in [-0.15, -0.1) is 11.3 Å². The lowest BCUT2D eigenvalue weighted by atomic mass is 10.0. The number of amides is 1. The standard InChI is InChI=1S/C23H27ClN4O3S/c1-28(2)22(25)14-7-8-17(19(11-14)30-15-5-3-4-6-15)18-12-16(31-27-18)13-26-23(29)20-9-10-21(24)32-20/h7-11,15-16,25H,3-6,12-13H2,1-2H3,(H,26,29). The molecule has 1 atom stereocenters. The van der Waals surface area contributed by atoms with Crippen molar-refractivity contribution < 1.29 is 14.4 Å². The Morgan fingerprint density at radius 1 is 1.31 bits per heavy atom. The Bertz CT molecular complexity index is 1030. The second-order valence-electron chi connectivity index (χ2n) is 8.26. The zero-order valence-corrected chi connectivity index (χ0v) is 19.8. The second kappa shape index (κ2) is 9.92. The monoisotopic (exact) mass is 474 g/mol. The van der Waals surface area contributed by atoms with Crippen LogP contribution in [0.5, 0.6) is 5.75 Å². The van der Waals surface area contributed by atoms with E-state index in [0.717, 1.165) is 35.4 Å². The fraction of sp³-hybridized carbons (Fsp3) is 0.435. The van der Waals surface area contributed by atoms with E-state index in [1.54, 1.807) is 17.0 Å². The molecule has 2 N–H and O–H groups in total. The number of nitrogens with zero attached hydrogens (tertiary/aromatic N) is 2. The van der Waals surface area contributed by atoms with Gasteiger partial charge in [0.2, 0.25) is 0 Å². The minimum Gasteiger partial charge on any atom is -0.490 e. The van der Waals surface area contributed by atoms with Crippen molar-refractivity contribution in [2.45, 2.75) is 44.3 Å². The molecule has 0 bridgehead atoms. The molecule has 0 spiro atoms. The first kappa shape index (κ1) is 22.6. The predicted molar refractivity (Wildman–Crippen MR) is 128 cm³/mol. The molecule has 0 saturated heterocycles. The number of oxime groups is 1. The van der Waals surface area contributed by atoms with Crippen LogP contribution in [0.3, 0.4) is 0 Å². The molecule has 4 rings (SSSR count). The predicted octanol–water partition coefficient (Wildman–Crippen LogP) is 4.53. The van der Waals surface area contributed by atoms with Crippen LogP contribution in [0.15, 0.2) is 35.5 Å². The molecular formula is C23H27ClN4O3S. The van der Waals surface area contributed by atoms with Gasteiger partial charge in [0, 0.05) is 31.6 Å². The van der Waals surface area contributed by atoms with E-state index in [9.17, 15) is 4.79 Å². The Balaban J connectivity index is 1.44. The van der Waals surface area contributed by atoms with Crippen molar-refractivity contribution in [3.8, 4) is 5.75 Å². The van der Waals surface area contributed by atoms with E-state index < -0.39 is 0 Å². The number of halogens is 1. The lowest BCUT2D eigenvalue weighted by Gasteiger charge is -2.19. The van der Waals surface area contributed by atoms with Crippen LogP contribution < -0.4 is 10.1 Å². The van der Waals surface area contributed by atoms with Crippen molar-refractivity contribution in [2.24, 2.45) is 5.16 Å². The largest absolute Gasteiger partial charge is 0.490 e. The van der Waals surface area contributed by atoms with Crippen molar-refractivity contribution in [3.05, 3.63) is 50.7 Å². The molecule has 0 radical (unpaired) electrons. The van der Waals surface area contributed by atoms with Gasteiger partial charge in [0.25, 0.3) is 5.91 Å². The zero-order valence-electron chi connectivity index (χ0n) is 18.2. The molecule has 1 fully saturated rings. The van der Waals surface area contributed by atoms with Gasteiger partial charge in [-0.25, -0.2) is 0 Å². The van der Waals surface area contributed by atoms with E-state index >= 15 is 0 Å². The highest BCUT2D eigenvalue weighted by Crippen LogP contribution is 2.31. The number of hydrogen-bond acceptors (Lipinski definition) is 6. The lowest BCUT2D eigenvalue weighted by molar-refractivity contribution is 0.0755. The number of carbonyl (C=O) groups excluding carboxylic acids is 1. The van der Waals surface area contributed by atoms with Crippen LogP contribution in [0.1, 0.15) is 52.9 Å². The number of benzene rings is 1. The third-order valence-electron chi connectivity index (χ3n) is 5.63. The van der Waals surface area contributed by atoms with Crippen molar-refractivity contribution in [3.63, 3.8) is 0 Å². The Morgan fingerprint density at radius 3 is 2.78 bits per heavy atom. The summed E-state index contributed by atoms with van der Waals surface area (Å²) in [5.74, 6) is 0.990. The first-order valence-corrected chi connectivity index (χ1v) is 11.9. The van der Waals surface area contributed by atoms with Crippen LogP contribution in [0, 0.1) is 5.41 Å². The summed E-state index contributed by atoms with van der Waals surface area (Å²) in [6.45, 7) is 0.351. The first-order chi connectivity index (χ1) is 15.4. The minimum absolute atomic E-state index is 0.171. The normalized spacial score (nSPS) is 18.2. The van der Waals surface area contributed by atoms with Crippen LogP contribution >= 0.6 is 22.9 Å². The molecule has 1 aliphatic heterocycles. The van der Waals surface area contributed by atoms with E-state index in [4.69, 9.17) is 26.6 Å². The van der Waals surface area contributed by atoms with Crippen molar-refractivity contribution in [2.75, 3.05) is 20.6 Å². The summed E-state index contributed by atoms with van der Waals surface area (Å²) in [5.41, 5.74) is 2.47. The summed E-state index contributed by atoms with van der Waals surface area (Å²) < 4.78 is 6.93. The highest BCUT2D eigenvalue weighted by atomic mass is 35.5. The van der Waals surface area contributed by atoms with Gasteiger partial charge in [0.15, 0.2) is 0 Å². The molecule has 2 aromatic rings. The number of hydrogen-bond donors (Lipinski definition) is 2. The average Bonchev–Trinajstić information content (AvgIpc) is 3.54. The summed E-state index contributed by atoms with van der Waals surface area (Å²) in [6.07, 6.45) is 4.94. The third-order valence-corrected chi connectivity index (χ3v) is 6.86. The van der Waals surface area contributed by atoms with E-state index in [2.05, 4.69) is 10.5 Å². The number of carbonyl (C=O) groups is 1. The molecule has 1 unspecified atom stereocenters. The Kier molecular flexibility index (Phi) is 7.01. The van der Waals surface area contributed by atoms with Gasteiger partial charge in [-0.2, -0.15) is 0 Å². The molecule has 7 nitrogen and oxygen atoms in total. The van der Waals surface area contributed by atoms with Crippen molar-refractivity contribution in [1.29, 1.82) is 5.41 Å². The molecule has 32 heavy (non-hydrogen) atoms. The number of amidine groups is 1. The first-order valence-electron chi connectivity index (χ1n) is 10.7. The number of nitrogens with one attached hydrogen (secondary N) is 2. The quantitative estimate of drug-likeness (QED) is 0.455. The molecule has 9 heteroatoms. The number of ether oxygens (including phenoxy) is 1. The maximum atomic E-state index is 12.3. The molecule has 1 aromatic heterocycles. The topological polar surface area (TPSA) is 87.0 Å². The van der Waals surface area contributed by atoms with Gasteiger partial charge in [0.1, 0.15) is 17.7 Å². The summed E-state index contributed by atoms with van der Waals surface area (Å²) >= 11 is 7.15.